The predicted molar refractivity (Wildman–Crippen MR) is 66.2 cm³/mol. The number of hydrogen-bond acceptors (Lipinski definition) is 2. The van der Waals surface area contributed by atoms with Crippen molar-refractivity contribution in [3.8, 4) is 11.3 Å². The zero-order valence-corrected chi connectivity index (χ0v) is 9.53. The standard InChI is InChI=1S/C13H17N3/c1-2-11-13(10-6-4-3-5-7-10)16-12(15-11)8-9-14/h3-7H,2,8-9,14H2,1H3,(H,15,16). The lowest BCUT2D eigenvalue weighted by molar-refractivity contribution is 0.885. The highest BCUT2D eigenvalue weighted by molar-refractivity contribution is 5.61. The molecule has 0 unspecified atom stereocenters. The first-order valence-electron chi connectivity index (χ1n) is 5.68. The van der Waals surface area contributed by atoms with Crippen LogP contribution in [0.25, 0.3) is 11.3 Å². The summed E-state index contributed by atoms with van der Waals surface area (Å²) in [6, 6.07) is 10.3. The molecule has 0 saturated heterocycles. The maximum Gasteiger partial charge on any atom is 0.108 e. The van der Waals surface area contributed by atoms with Gasteiger partial charge in [0.25, 0.3) is 0 Å². The lowest BCUT2D eigenvalue weighted by Gasteiger charge is -1.98. The van der Waals surface area contributed by atoms with Crippen molar-refractivity contribution in [2.24, 2.45) is 5.73 Å². The van der Waals surface area contributed by atoms with Crippen molar-refractivity contribution in [3.63, 3.8) is 0 Å². The van der Waals surface area contributed by atoms with Crippen molar-refractivity contribution >= 4 is 0 Å². The highest BCUT2D eigenvalue weighted by atomic mass is 14.9. The molecule has 84 valence electrons. The number of aromatic nitrogens is 2. The molecule has 1 aromatic heterocycles. The summed E-state index contributed by atoms with van der Waals surface area (Å²) in [5, 5.41) is 0. The lowest BCUT2D eigenvalue weighted by atomic mass is 10.1. The minimum atomic E-state index is 0.630. The molecule has 1 aromatic carbocycles. The second kappa shape index (κ2) is 4.94. The van der Waals surface area contributed by atoms with Crippen LogP contribution in [0.3, 0.4) is 0 Å². The van der Waals surface area contributed by atoms with Crippen LogP contribution < -0.4 is 5.73 Å². The normalized spacial score (nSPS) is 10.6. The first-order chi connectivity index (χ1) is 7.85. The van der Waals surface area contributed by atoms with E-state index in [1.165, 1.54) is 11.3 Å². The van der Waals surface area contributed by atoms with E-state index in [0.29, 0.717) is 6.54 Å². The summed E-state index contributed by atoms with van der Waals surface area (Å²) in [5.74, 6) is 0.984. The van der Waals surface area contributed by atoms with E-state index in [-0.39, 0.29) is 0 Å². The summed E-state index contributed by atoms with van der Waals surface area (Å²) in [4.78, 5) is 7.95. The molecule has 2 aromatic rings. The van der Waals surface area contributed by atoms with Gasteiger partial charge in [0.15, 0.2) is 0 Å². The fourth-order valence-electron chi connectivity index (χ4n) is 1.81. The van der Waals surface area contributed by atoms with E-state index in [1.807, 2.05) is 18.2 Å². The maximum absolute atomic E-state index is 5.54. The van der Waals surface area contributed by atoms with Crippen molar-refractivity contribution in [2.75, 3.05) is 6.54 Å². The van der Waals surface area contributed by atoms with E-state index in [1.54, 1.807) is 0 Å². The van der Waals surface area contributed by atoms with Gasteiger partial charge >= 0.3 is 0 Å². The van der Waals surface area contributed by atoms with Crippen LogP contribution in [0.2, 0.25) is 0 Å². The zero-order valence-electron chi connectivity index (χ0n) is 9.53. The molecule has 3 nitrogen and oxygen atoms in total. The fraction of sp³-hybridized carbons (Fsp3) is 0.308. The number of rotatable bonds is 4. The van der Waals surface area contributed by atoms with E-state index < -0.39 is 0 Å². The molecular formula is C13H17N3. The Kier molecular flexibility index (Phi) is 3.37. The third-order valence-corrected chi connectivity index (χ3v) is 2.61. The Labute approximate surface area is 95.7 Å². The highest BCUT2D eigenvalue weighted by Gasteiger charge is 2.09. The van der Waals surface area contributed by atoms with Crippen LogP contribution in [0.5, 0.6) is 0 Å². The average molecular weight is 215 g/mol. The predicted octanol–water partition coefficient (Wildman–Crippen LogP) is 2.14. The fourth-order valence-corrected chi connectivity index (χ4v) is 1.81. The largest absolute Gasteiger partial charge is 0.345 e. The van der Waals surface area contributed by atoms with Gasteiger partial charge in [-0.25, -0.2) is 4.98 Å². The Hall–Kier alpha value is -1.61. The molecule has 1 heterocycles. The number of nitrogens with zero attached hydrogens (tertiary/aromatic N) is 1. The van der Waals surface area contributed by atoms with Crippen LogP contribution in [0.1, 0.15) is 18.4 Å². The maximum atomic E-state index is 5.54. The number of hydrogen-bond donors (Lipinski definition) is 2. The molecule has 2 rings (SSSR count). The molecule has 0 aliphatic rings. The first-order valence-corrected chi connectivity index (χ1v) is 5.68. The summed E-state index contributed by atoms with van der Waals surface area (Å²) in [6.07, 6.45) is 1.77. The minimum Gasteiger partial charge on any atom is -0.345 e. The summed E-state index contributed by atoms with van der Waals surface area (Å²) in [6.45, 7) is 2.76. The molecule has 0 fully saturated rings. The number of aryl methyl sites for hydroxylation is 1. The Balaban J connectivity index is 2.39. The monoisotopic (exact) mass is 215 g/mol. The molecule has 16 heavy (non-hydrogen) atoms. The molecule has 0 bridgehead atoms. The van der Waals surface area contributed by atoms with Crippen LogP contribution >= 0.6 is 0 Å². The van der Waals surface area contributed by atoms with Gasteiger partial charge in [-0.2, -0.15) is 0 Å². The van der Waals surface area contributed by atoms with Gasteiger partial charge in [0.05, 0.1) is 5.69 Å². The average Bonchev–Trinajstić information content (AvgIpc) is 2.74. The smallest absolute Gasteiger partial charge is 0.108 e. The number of nitrogens with two attached hydrogens (primary N) is 1. The van der Waals surface area contributed by atoms with E-state index in [0.717, 1.165) is 24.4 Å². The quantitative estimate of drug-likeness (QED) is 0.821. The van der Waals surface area contributed by atoms with Crippen LogP contribution in [0.15, 0.2) is 30.3 Å². The lowest BCUT2D eigenvalue weighted by Crippen LogP contribution is -2.03. The Bertz CT molecular complexity index is 445. The second-order valence-corrected chi connectivity index (χ2v) is 3.77. The molecule has 0 atom stereocenters. The van der Waals surface area contributed by atoms with Crippen molar-refractivity contribution < 1.29 is 0 Å². The Morgan fingerprint density at radius 1 is 1.25 bits per heavy atom. The zero-order chi connectivity index (χ0) is 11.4. The highest BCUT2D eigenvalue weighted by Crippen LogP contribution is 2.21. The van der Waals surface area contributed by atoms with Gasteiger partial charge in [0, 0.05) is 17.7 Å². The number of nitrogens with one attached hydrogen (secondary N) is 1. The van der Waals surface area contributed by atoms with Crippen LogP contribution in [-0.2, 0) is 12.8 Å². The Morgan fingerprint density at radius 2 is 2.00 bits per heavy atom. The Morgan fingerprint density at radius 3 is 2.62 bits per heavy atom. The van der Waals surface area contributed by atoms with Gasteiger partial charge in [-0.3, -0.25) is 0 Å². The van der Waals surface area contributed by atoms with E-state index in [4.69, 9.17) is 5.73 Å². The molecule has 0 amide bonds. The number of H-pyrrole nitrogens is 1. The number of imidazole rings is 1. The third kappa shape index (κ3) is 2.14. The van der Waals surface area contributed by atoms with Crippen molar-refractivity contribution in [1.82, 2.24) is 9.97 Å². The molecule has 0 radical (unpaired) electrons. The van der Waals surface area contributed by atoms with Crippen LogP contribution in [-0.4, -0.2) is 16.5 Å². The molecule has 3 heteroatoms. The SMILES string of the molecule is CCc1[nH]c(CCN)nc1-c1ccccc1. The minimum absolute atomic E-state index is 0.630. The molecule has 0 saturated carbocycles. The van der Waals surface area contributed by atoms with E-state index >= 15 is 0 Å². The van der Waals surface area contributed by atoms with Crippen molar-refractivity contribution in [1.29, 1.82) is 0 Å². The topological polar surface area (TPSA) is 54.7 Å². The third-order valence-electron chi connectivity index (χ3n) is 2.61. The molecule has 0 spiro atoms. The summed E-state index contributed by atoms with van der Waals surface area (Å²) in [5.41, 5.74) is 8.96. The van der Waals surface area contributed by atoms with Gasteiger partial charge < -0.3 is 10.7 Å². The van der Waals surface area contributed by atoms with Crippen molar-refractivity contribution in [2.45, 2.75) is 19.8 Å². The molecule has 0 aliphatic carbocycles. The van der Waals surface area contributed by atoms with Gasteiger partial charge in [-0.15, -0.1) is 0 Å². The van der Waals surface area contributed by atoms with Crippen LogP contribution in [0.4, 0.5) is 0 Å². The number of benzene rings is 1. The number of aromatic amines is 1. The second-order valence-electron chi connectivity index (χ2n) is 3.77. The summed E-state index contributed by atoms with van der Waals surface area (Å²) < 4.78 is 0. The molecular weight excluding hydrogens is 198 g/mol. The van der Waals surface area contributed by atoms with E-state index in [2.05, 4.69) is 29.0 Å². The van der Waals surface area contributed by atoms with Gasteiger partial charge in [0.2, 0.25) is 0 Å². The van der Waals surface area contributed by atoms with Gasteiger partial charge in [-0.1, -0.05) is 37.3 Å². The van der Waals surface area contributed by atoms with Crippen LogP contribution in [0, 0.1) is 0 Å². The first kappa shape index (κ1) is 10.9. The van der Waals surface area contributed by atoms with Crippen molar-refractivity contribution in [3.05, 3.63) is 41.9 Å². The van der Waals surface area contributed by atoms with Gasteiger partial charge in [0.1, 0.15) is 5.82 Å². The molecule has 3 N–H and O–H groups in total. The van der Waals surface area contributed by atoms with Gasteiger partial charge in [-0.05, 0) is 13.0 Å². The summed E-state index contributed by atoms with van der Waals surface area (Å²) >= 11 is 0. The van der Waals surface area contributed by atoms with E-state index in [9.17, 15) is 0 Å². The molecule has 0 aliphatic heterocycles. The summed E-state index contributed by atoms with van der Waals surface area (Å²) in [7, 11) is 0.